The van der Waals surface area contributed by atoms with E-state index in [1.807, 2.05) is 26.0 Å². The zero-order chi connectivity index (χ0) is 14.5. The predicted molar refractivity (Wildman–Crippen MR) is 81.7 cm³/mol. The van der Waals surface area contributed by atoms with E-state index in [2.05, 4.69) is 31.2 Å². The highest BCUT2D eigenvalue weighted by atomic mass is 79.9. The molecule has 108 valence electrons. The van der Waals surface area contributed by atoms with Gasteiger partial charge in [-0.3, -0.25) is 0 Å². The number of rotatable bonds is 6. The lowest BCUT2D eigenvalue weighted by atomic mass is 10.3. The maximum Gasteiger partial charge on any atom is 0.198 e. The lowest BCUT2D eigenvalue weighted by molar-refractivity contribution is 0.181. The quantitative estimate of drug-likeness (QED) is 0.870. The molecule has 5 nitrogen and oxygen atoms in total. The Bertz CT molecular complexity index is 557. The van der Waals surface area contributed by atoms with Crippen molar-refractivity contribution in [2.75, 3.05) is 19.0 Å². The van der Waals surface area contributed by atoms with Crippen LogP contribution in [0.4, 0.5) is 5.82 Å². The largest absolute Gasteiger partial charge is 0.458 e. The highest BCUT2D eigenvalue weighted by Crippen LogP contribution is 2.28. The van der Waals surface area contributed by atoms with Crippen molar-refractivity contribution in [1.29, 1.82) is 0 Å². The number of halogens is 1. The Balaban J connectivity index is 2.46. The molecule has 0 aliphatic rings. The minimum Gasteiger partial charge on any atom is -0.458 e. The van der Waals surface area contributed by atoms with Crippen LogP contribution in [0.1, 0.15) is 25.3 Å². The number of ether oxygens (including phenoxy) is 1. The molecule has 2 heterocycles. The number of furan rings is 1. The van der Waals surface area contributed by atoms with E-state index in [0.29, 0.717) is 18.2 Å². The summed E-state index contributed by atoms with van der Waals surface area (Å²) in [6, 6.07) is 3.85. The summed E-state index contributed by atoms with van der Waals surface area (Å²) < 4.78 is 11.7. The van der Waals surface area contributed by atoms with E-state index in [-0.39, 0.29) is 0 Å². The highest BCUT2D eigenvalue weighted by Gasteiger charge is 2.15. The van der Waals surface area contributed by atoms with Crippen LogP contribution in [0.2, 0.25) is 0 Å². The molecule has 0 amide bonds. The maximum absolute atomic E-state index is 5.72. The van der Waals surface area contributed by atoms with Crippen LogP contribution < -0.4 is 5.32 Å². The molecule has 0 aromatic carbocycles. The van der Waals surface area contributed by atoms with E-state index in [4.69, 9.17) is 9.15 Å². The summed E-state index contributed by atoms with van der Waals surface area (Å²) in [6.07, 6.45) is 0.849. The van der Waals surface area contributed by atoms with Gasteiger partial charge in [0.2, 0.25) is 0 Å². The zero-order valence-electron chi connectivity index (χ0n) is 11.9. The van der Waals surface area contributed by atoms with Crippen LogP contribution in [0.5, 0.6) is 0 Å². The fourth-order valence-electron chi connectivity index (χ4n) is 1.81. The molecule has 6 heteroatoms. The van der Waals surface area contributed by atoms with E-state index in [0.717, 1.165) is 34.7 Å². The van der Waals surface area contributed by atoms with E-state index in [9.17, 15) is 0 Å². The average Bonchev–Trinajstić information content (AvgIpc) is 2.92. The summed E-state index contributed by atoms with van der Waals surface area (Å²) in [6.45, 7) is 5.26. The molecule has 2 aromatic rings. The molecule has 0 aliphatic carbocycles. The summed E-state index contributed by atoms with van der Waals surface area (Å²) in [4.78, 5) is 9.01. The van der Waals surface area contributed by atoms with Gasteiger partial charge in [-0.2, -0.15) is 0 Å². The number of aromatic nitrogens is 2. The molecule has 2 rings (SSSR count). The third-order valence-electron chi connectivity index (χ3n) is 2.78. The molecular weight excluding hydrogens is 322 g/mol. The smallest absolute Gasteiger partial charge is 0.198 e. The van der Waals surface area contributed by atoms with Crippen LogP contribution in [-0.4, -0.2) is 23.6 Å². The number of nitrogens with one attached hydrogen (secondary N) is 1. The number of methoxy groups -OCH3 is 1. The molecule has 0 radical (unpaired) electrons. The van der Waals surface area contributed by atoms with Crippen LogP contribution in [0.3, 0.4) is 0 Å². The van der Waals surface area contributed by atoms with Gasteiger partial charge in [-0.25, -0.2) is 9.97 Å². The van der Waals surface area contributed by atoms with Crippen molar-refractivity contribution >= 4 is 21.7 Å². The fraction of sp³-hybridized carbons (Fsp3) is 0.429. The number of hydrogen-bond acceptors (Lipinski definition) is 5. The highest BCUT2D eigenvalue weighted by molar-refractivity contribution is 9.10. The van der Waals surface area contributed by atoms with Gasteiger partial charge in [0.25, 0.3) is 0 Å². The Labute approximate surface area is 126 Å². The molecule has 0 bridgehead atoms. The molecule has 0 atom stereocenters. The van der Waals surface area contributed by atoms with Crippen LogP contribution in [0.25, 0.3) is 11.6 Å². The zero-order valence-corrected chi connectivity index (χ0v) is 13.5. The van der Waals surface area contributed by atoms with Gasteiger partial charge in [0.15, 0.2) is 11.6 Å². The second kappa shape index (κ2) is 6.85. The van der Waals surface area contributed by atoms with Gasteiger partial charge in [0, 0.05) is 20.1 Å². The Morgan fingerprint density at radius 2 is 2.10 bits per heavy atom. The molecule has 0 saturated carbocycles. The van der Waals surface area contributed by atoms with Gasteiger partial charge in [-0.1, -0.05) is 6.92 Å². The molecule has 0 saturated heterocycles. The van der Waals surface area contributed by atoms with Crippen LogP contribution >= 0.6 is 15.9 Å². The number of aryl methyl sites for hydroxylation is 1. The minimum absolute atomic E-state index is 0.413. The Kier molecular flexibility index (Phi) is 5.14. The first-order valence-corrected chi connectivity index (χ1v) is 7.37. The predicted octanol–water partition coefficient (Wildman–Crippen LogP) is 3.64. The topological polar surface area (TPSA) is 60.2 Å². The third kappa shape index (κ3) is 3.19. The Morgan fingerprint density at radius 3 is 2.70 bits per heavy atom. The molecule has 0 fully saturated rings. The summed E-state index contributed by atoms with van der Waals surface area (Å²) in [5.41, 5.74) is 0.794. The van der Waals surface area contributed by atoms with E-state index < -0.39 is 0 Å². The standard InChI is InChI=1S/C14H18BrN3O2/c1-4-9-6-7-11(20-9)13-17-10(8-19-3)12(15)14(18-13)16-5-2/h6-7H,4-5,8H2,1-3H3,(H,16,17,18). The number of anilines is 1. The monoisotopic (exact) mass is 339 g/mol. The molecule has 20 heavy (non-hydrogen) atoms. The SMILES string of the molecule is CCNc1nc(-c2ccc(CC)o2)nc(COC)c1Br. The summed E-state index contributed by atoms with van der Waals surface area (Å²) >= 11 is 3.51. The van der Waals surface area contributed by atoms with Gasteiger partial charge in [-0.15, -0.1) is 0 Å². The molecule has 0 unspecified atom stereocenters. The first-order chi connectivity index (χ1) is 9.69. The molecular formula is C14H18BrN3O2. The van der Waals surface area contributed by atoms with Gasteiger partial charge < -0.3 is 14.5 Å². The van der Waals surface area contributed by atoms with Crippen molar-refractivity contribution < 1.29 is 9.15 Å². The Hall–Kier alpha value is -1.40. The van der Waals surface area contributed by atoms with Crippen molar-refractivity contribution in [2.24, 2.45) is 0 Å². The second-order valence-corrected chi connectivity index (χ2v) is 5.03. The van der Waals surface area contributed by atoms with Gasteiger partial charge in [-0.05, 0) is 35.0 Å². The first kappa shape index (κ1) is 15.0. The van der Waals surface area contributed by atoms with Crippen molar-refractivity contribution in [3.8, 4) is 11.6 Å². The van der Waals surface area contributed by atoms with Crippen LogP contribution in [0.15, 0.2) is 21.0 Å². The molecule has 2 aromatic heterocycles. The number of hydrogen-bond donors (Lipinski definition) is 1. The molecule has 0 aliphatic heterocycles. The molecule has 0 spiro atoms. The van der Waals surface area contributed by atoms with E-state index in [1.54, 1.807) is 7.11 Å². The number of nitrogens with zero attached hydrogens (tertiary/aromatic N) is 2. The average molecular weight is 340 g/mol. The van der Waals surface area contributed by atoms with Gasteiger partial charge in [0.05, 0.1) is 16.8 Å². The van der Waals surface area contributed by atoms with Crippen molar-refractivity contribution in [3.63, 3.8) is 0 Å². The summed E-state index contributed by atoms with van der Waals surface area (Å²) in [5, 5.41) is 3.21. The Morgan fingerprint density at radius 1 is 1.30 bits per heavy atom. The second-order valence-electron chi connectivity index (χ2n) is 4.24. The van der Waals surface area contributed by atoms with Gasteiger partial charge >= 0.3 is 0 Å². The van der Waals surface area contributed by atoms with E-state index in [1.165, 1.54) is 0 Å². The molecule has 1 N–H and O–H groups in total. The van der Waals surface area contributed by atoms with Crippen molar-refractivity contribution in [3.05, 3.63) is 28.1 Å². The van der Waals surface area contributed by atoms with Crippen molar-refractivity contribution in [2.45, 2.75) is 26.9 Å². The third-order valence-corrected chi connectivity index (χ3v) is 3.61. The summed E-state index contributed by atoms with van der Waals surface area (Å²) in [5.74, 6) is 2.91. The van der Waals surface area contributed by atoms with Crippen LogP contribution in [-0.2, 0) is 17.8 Å². The van der Waals surface area contributed by atoms with E-state index >= 15 is 0 Å². The van der Waals surface area contributed by atoms with Crippen molar-refractivity contribution in [1.82, 2.24) is 9.97 Å². The lowest BCUT2D eigenvalue weighted by Gasteiger charge is -2.10. The lowest BCUT2D eigenvalue weighted by Crippen LogP contribution is -2.06. The van der Waals surface area contributed by atoms with Crippen LogP contribution in [0, 0.1) is 0 Å². The minimum atomic E-state index is 0.413. The fourth-order valence-corrected chi connectivity index (χ4v) is 2.24. The normalized spacial score (nSPS) is 10.8. The summed E-state index contributed by atoms with van der Waals surface area (Å²) in [7, 11) is 1.64. The maximum atomic E-state index is 5.72. The first-order valence-electron chi connectivity index (χ1n) is 6.57. The van der Waals surface area contributed by atoms with Gasteiger partial charge in [0.1, 0.15) is 11.6 Å².